The monoisotopic (exact) mass is 359 g/mol. The Bertz CT molecular complexity index is 1090. The molecule has 2 aromatic carbocycles. The summed E-state index contributed by atoms with van der Waals surface area (Å²) < 4.78 is 0. The quantitative estimate of drug-likeness (QED) is 0.555. The molecule has 1 aliphatic rings. The second kappa shape index (κ2) is 6.57. The molecule has 0 saturated carbocycles. The molecule has 0 atom stereocenters. The van der Waals surface area contributed by atoms with Gasteiger partial charge in [-0.3, -0.25) is 14.4 Å². The molecule has 1 aromatic heterocycles. The third-order valence-corrected chi connectivity index (χ3v) is 4.47. The number of nitrogens with zero attached hydrogens (tertiary/aromatic N) is 1. The number of para-hydroxylation sites is 1. The van der Waals surface area contributed by atoms with Crippen LogP contribution >= 0.6 is 0 Å². The molecular formula is C21H17N3O3. The lowest BCUT2D eigenvalue weighted by molar-refractivity contribution is -0.120. The first-order valence-corrected chi connectivity index (χ1v) is 8.54. The predicted molar refractivity (Wildman–Crippen MR) is 104 cm³/mol. The van der Waals surface area contributed by atoms with Gasteiger partial charge < -0.3 is 10.3 Å². The van der Waals surface area contributed by atoms with Gasteiger partial charge in [-0.2, -0.15) is 0 Å². The van der Waals surface area contributed by atoms with Crippen molar-refractivity contribution >= 4 is 46.1 Å². The molecule has 3 amide bonds. The van der Waals surface area contributed by atoms with Gasteiger partial charge in [0, 0.05) is 40.8 Å². The summed E-state index contributed by atoms with van der Waals surface area (Å²) in [4.78, 5) is 40.7. The summed E-state index contributed by atoms with van der Waals surface area (Å²) in [7, 11) is 0. The van der Waals surface area contributed by atoms with Crippen LogP contribution in [0.2, 0.25) is 0 Å². The van der Waals surface area contributed by atoms with Crippen LogP contribution in [0.1, 0.15) is 18.9 Å². The van der Waals surface area contributed by atoms with Gasteiger partial charge in [-0.25, -0.2) is 4.90 Å². The van der Waals surface area contributed by atoms with Crippen LogP contribution in [0, 0.1) is 0 Å². The number of amides is 3. The van der Waals surface area contributed by atoms with Crippen LogP contribution < -0.4 is 10.2 Å². The number of nitrogens with one attached hydrogen (secondary N) is 2. The largest absolute Gasteiger partial charge is 0.361 e. The molecule has 134 valence electrons. The maximum atomic E-state index is 12.8. The summed E-state index contributed by atoms with van der Waals surface area (Å²) in [6.45, 7) is 1.42. The molecular weight excluding hydrogens is 342 g/mol. The van der Waals surface area contributed by atoms with E-state index in [4.69, 9.17) is 0 Å². The van der Waals surface area contributed by atoms with E-state index in [1.165, 1.54) is 11.8 Å². The van der Waals surface area contributed by atoms with Crippen molar-refractivity contribution in [3.63, 3.8) is 0 Å². The first-order chi connectivity index (χ1) is 13.0. The van der Waals surface area contributed by atoms with Gasteiger partial charge in [-0.05, 0) is 36.4 Å². The molecule has 27 heavy (non-hydrogen) atoms. The number of hydrogen-bond acceptors (Lipinski definition) is 3. The molecule has 2 heterocycles. The Labute approximate surface area is 155 Å². The van der Waals surface area contributed by atoms with Crippen LogP contribution in [0.3, 0.4) is 0 Å². The van der Waals surface area contributed by atoms with Crippen LogP contribution in [0.15, 0.2) is 60.3 Å². The van der Waals surface area contributed by atoms with Gasteiger partial charge >= 0.3 is 0 Å². The lowest BCUT2D eigenvalue weighted by atomic mass is 10.1. The number of benzene rings is 2. The van der Waals surface area contributed by atoms with Gasteiger partial charge in [0.1, 0.15) is 0 Å². The average molecular weight is 359 g/mol. The van der Waals surface area contributed by atoms with E-state index >= 15 is 0 Å². The Hall–Kier alpha value is -3.67. The fraction of sp³-hybridized carbons (Fsp3) is 0.0952. The van der Waals surface area contributed by atoms with Gasteiger partial charge in [-0.1, -0.05) is 18.2 Å². The van der Waals surface area contributed by atoms with E-state index in [1.54, 1.807) is 30.3 Å². The summed E-state index contributed by atoms with van der Waals surface area (Å²) in [5, 5.41) is 3.66. The van der Waals surface area contributed by atoms with Gasteiger partial charge in [0.25, 0.3) is 5.91 Å². The highest BCUT2D eigenvalue weighted by Gasteiger charge is 2.35. The van der Waals surface area contributed by atoms with E-state index in [9.17, 15) is 14.4 Å². The molecule has 4 rings (SSSR count). The Morgan fingerprint density at radius 1 is 1.11 bits per heavy atom. The Morgan fingerprint density at radius 3 is 2.59 bits per heavy atom. The minimum Gasteiger partial charge on any atom is -0.361 e. The van der Waals surface area contributed by atoms with E-state index < -0.39 is 0 Å². The Morgan fingerprint density at radius 2 is 1.85 bits per heavy atom. The highest BCUT2D eigenvalue weighted by atomic mass is 16.2. The van der Waals surface area contributed by atoms with Crippen LogP contribution in [-0.2, 0) is 14.4 Å². The van der Waals surface area contributed by atoms with Gasteiger partial charge in [0.2, 0.25) is 11.8 Å². The topological polar surface area (TPSA) is 82.3 Å². The van der Waals surface area contributed by atoms with Crippen LogP contribution in [-0.4, -0.2) is 22.7 Å². The van der Waals surface area contributed by atoms with Crippen molar-refractivity contribution < 1.29 is 14.4 Å². The van der Waals surface area contributed by atoms with Crippen molar-refractivity contribution in [3.05, 3.63) is 65.9 Å². The predicted octanol–water partition coefficient (Wildman–Crippen LogP) is 3.47. The second-order valence-electron chi connectivity index (χ2n) is 6.40. The van der Waals surface area contributed by atoms with Gasteiger partial charge in [0.15, 0.2) is 0 Å². The fourth-order valence-corrected chi connectivity index (χ4v) is 3.25. The van der Waals surface area contributed by atoms with Crippen LogP contribution in [0.4, 0.5) is 11.4 Å². The molecule has 6 nitrogen and oxygen atoms in total. The average Bonchev–Trinajstić information content (AvgIpc) is 3.17. The molecule has 3 aromatic rings. The number of carbonyl (C=O) groups is 3. The van der Waals surface area contributed by atoms with Crippen molar-refractivity contribution in [2.45, 2.75) is 13.3 Å². The lowest BCUT2D eigenvalue weighted by Crippen LogP contribution is -2.28. The second-order valence-corrected chi connectivity index (χ2v) is 6.40. The molecule has 6 heteroatoms. The molecule has 1 fully saturated rings. The zero-order chi connectivity index (χ0) is 19.0. The Balaban J connectivity index is 1.63. The van der Waals surface area contributed by atoms with Crippen molar-refractivity contribution in [1.82, 2.24) is 4.98 Å². The molecule has 2 N–H and O–H groups in total. The maximum Gasteiger partial charge on any atom is 0.261 e. The first-order valence-electron chi connectivity index (χ1n) is 8.54. The number of fused-ring (bicyclic) bond motifs is 1. The van der Waals surface area contributed by atoms with Crippen molar-refractivity contribution in [2.24, 2.45) is 0 Å². The molecule has 0 radical (unpaired) electrons. The molecule has 1 saturated heterocycles. The van der Waals surface area contributed by atoms with E-state index in [2.05, 4.69) is 10.3 Å². The third-order valence-electron chi connectivity index (χ3n) is 4.47. The zero-order valence-corrected chi connectivity index (χ0v) is 14.7. The number of imide groups is 1. The maximum absolute atomic E-state index is 12.8. The molecule has 0 bridgehead atoms. The number of anilines is 2. The molecule has 0 unspecified atom stereocenters. The highest BCUT2D eigenvalue weighted by Crippen LogP contribution is 2.29. The van der Waals surface area contributed by atoms with E-state index in [0.29, 0.717) is 16.9 Å². The smallest absolute Gasteiger partial charge is 0.261 e. The number of aromatic nitrogens is 1. The minimum absolute atomic E-state index is 0.0613. The number of rotatable bonds is 3. The van der Waals surface area contributed by atoms with E-state index in [-0.39, 0.29) is 24.1 Å². The minimum atomic E-state index is -0.322. The molecule has 0 spiro atoms. The lowest BCUT2D eigenvalue weighted by Gasteiger charge is -2.14. The normalized spacial score (nSPS) is 15.7. The van der Waals surface area contributed by atoms with E-state index in [0.717, 1.165) is 16.5 Å². The van der Waals surface area contributed by atoms with Gasteiger partial charge in [0.05, 0.1) is 12.1 Å². The summed E-state index contributed by atoms with van der Waals surface area (Å²) >= 11 is 0. The summed E-state index contributed by atoms with van der Waals surface area (Å²) in [5.74, 6) is -0.768. The van der Waals surface area contributed by atoms with Crippen LogP contribution in [0.25, 0.3) is 17.0 Å². The first kappa shape index (κ1) is 16.8. The van der Waals surface area contributed by atoms with Crippen molar-refractivity contribution in [3.8, 4) is 0 Å². The summed E-state index contributed by atoms with van der Waals surface area (Å²) in [6.07, 6.45) is 3.66. The van der Waals surface area contributed by atoms with Crippen LogP contribution in [0.5, 0.6) is 0 Å². The highest BCUT2D eigenvalue weighted by molar-refractivity contribution is 6.29. The molecule has 0 aliphatic carbocycles. The van der Waals surface area contributed by atoms with Crippen molar-refractivity contribution in [1.29, 1.82) is 0 Å². The van der Waals surface area contributed by atoms with Gasteiger partial charge in [-0.15, -0.1) is 0 Å². The summed E-state index contributed by atoms with van der Waals surface area (Å²) in [5.41, 5.74) is 3.41. The van der Waals surface area contributed by atoms with Crippen molar-refractivity contribution in [2.75, 3.05) is 10.2 Å². The number of H-pyrrole nitrogens is 1. The van der Waals surface area contributed by atoms with E-state index in [1.807, 2.05) is 30.5 Å². The number of carbonyl (C=O) groups excluding carboxylic acids is 3. The SMILES string of the molecule is CC(=O)Nc1ccc(N2C(=O)CC(=Cc3c[nH]c4ccccc34)C2=O)cc1. The molecule has 1 aliphatic heterocycles. The Kier molecular flexibility index (Phi) is 4.08. The number of aromatic amines is 1. The standard InChI is InChI=1S/C21H17N3O3/c1-13(25)23-16-6-8-17(9-7-16)24-20(26)11-14(21(24)27)10-15-12-22-19-5-3-2-4-18(15)19/h2-10,12,22H,11H2,1H3,(H,23,25). The zero-order valence-electron chi connectivity index (χ0n) is 14.7. The summed E-state index contributed by atoms with van der Waals surface area (Å²) in [6, 6.07) is 14.4. The third kappa shape index (κ3) is 3.13. The fourth-order valence-electron chi connectivity index (χ4n) is 3.25. The number of hydrogen-bond donors (Lipinski definition) is 2.